The van der Waals surface area contributed by atoms with Crippen molar-refractivity contribution < 1.29 is 9.53 Å². The van der Waals surface area contributed by atoms with Gasteiger partial charge < -0.3 is 10.1 Å². The van der Waals surface area contributed by atoms with E-state index in [1.54, 1.807) is 24.3 Å². The molecule has 1 aromatic carbocycles. The van der Waals surface area contributed by atoms with Gasteiger partial charge >= 0.3 is 0 Å². The number of para-hydroxylation sites is 2. The number of nitrogens with one attached hydrogen (secondary N) is 1. The van der Waals surface area contributed by atoms with E-state index in [2.05, 4.69) is 10.3 Å². The van der Waals surface area contributed by atoms with Gasteiger partial charge in [0.1, 0.15) is 17.4 Å². The average Bonchev–Trinajstić information content (AvgIpc) is 2.42. The highest BCUT2D eigenvalue weighted by Gasteiger charge is 2.08. The van der Waals surface area contributed by atoms with Crippen LogP contribution in [0, 0.1) is 0 Å². The second-order valence-corrected chi connectivity index (χ2v) is 4.31. The van der Waals surface area contributed by atoms with E-state index in [0.717, 1.165) is 10.6 Å². The van der Waals surface area contributed by atoms with Crippen molar-refractivity contribution in [3.63, 3.8) is 0 Å². The Hall–Kier alpha value is -2.34. The van der Waals surface area contributed by atoms with Crippen LogP contribution >= 0.6 is 11.6 Å². The quantitative estimate of drug-likeness (QED) is 0.868. The molecule has 1 N–H and O–H groups in total. The van der Waals surface area contributed by atoms with Crippen LogP contribution in [0.1, 0.15) is 0 Å². The summed E-state index contributed by atoms with van der Waals surface area (Å²) in [6.45, 7) is -0.152. The van der Waals surface area contributed by atoms with Gasteiger partial charge in [0.05, 0.1) is 19.1 Å². The normalized spacial score (nSPS) is 10.1. The number of nitrogens with zero attached hydrogens (tertiary/aromatic N) is 2. The lowest BCUT2D eigenvalue weighted by Gasteiger charge is -2.10. The Morgan fingerprint density at radius 1 is 1.45 bits per heavy atom. The molecule has 7 heteroatoms. The van der Waals surface area contributed by atoms with Gasteiger partial charge in [-0.3, -0.25) is 14.2 Å². The zero-order valence-electron chi connectivity index (χ0n) is 10.7. The van der Waals surface area contributed by atoms with E-state index in [1.165, 1.54) is 13.4 Å². The summed E-state index contributed by atoms with van der Waals surface area (Å²) in [5.74, 6) is 0.183. The van der Waals surface area contributed by atoms with Crippen molar-refractivity contribution >= 4 is 23.2 Å². The van der Waals surface area contributed by atoms with Crippen molar-refractivity contribution in [2.24, 2.45) is 0 Å². The smallest absolute Gasteiger partial charge is 0.255 e. The van der Waals surface area contributed by atoms with Gasteiger partial charge in [0.25, 0.3) is 5.56 Å². The number of hydrogen-bond donors (Lipinski definition) is 1. The Bertz CT molecular complexity index is 685. The topological polar surface area (TPSA) is 73.2 Å². The predicted molar refractivity (Wildman–Crippen MR) is 75.1 cm³/mol. The molecular weight excluding hydrogens is 282 g/mol. The van der Waals surface area contributed by atoms with Gasteiger partial charge in [-0.25, -0.2) is 4.98 Å². The third-order valence-corrected chi connectivity index (χ3v) is 2.75. The lowest BCUT2D eigenvalue weighted by molar-refractivity contribution is -0.116. The molecule has 0 saturated heterocycles. The number of methoxy groups -OCH3 is 1. The fraction of sp³-hybridized carbons (Fsp3) is 0.154. The van der Waals surface area contributed by atoms with E-state index in [0.29, 0.717) is 11.4 Å². The van der Waals surface area contributed by atoms with E-state index >= 15 is 0 Å². The van der Waals surface area contributed by atoms with Gasteiger partial charge in [0.2, 0.25) is 5.91 Å². The van der Waals surface area contributed by atoms with Gasteiger partial charge in [-0.15, -0.1) is 0 Å². The number of aromatic nitrogens is 2. The van der Waals surface area contributed by atoms with Gasteiger partial charge in [-0.05, 0) is 12.1 Å². The maximum absolute atomic E-state index is 11.9. The Morgan fingerprint density at radius 2 is 2.20 bits per heavy atom. The molecule has 1 amide bonds. The summed E-state index contributed by atoms with van der Waals surface area (Å²) in [5, 5.41) is 2.76. The summed E-state index contributed by atoms with van der Waals surface area (Å²) in [5.41, 5.74) is 0.148. The van der Waals surface area contributed by atoms with E-state index in [-0.39, 0.29) is 23.2 Å². The van der Waals surface area contributed by atoms with Crippen molar-refractivity contribution in [2.45, 2.75) is 6.54 Å². The molecule has 0 aliphatic rings. The van der Waals surface area contributed by atoms with Gasteiger partial charge in [0, 0.05) is 6.07 Å². The van der Waals surface area contributed by atoms with Gasteiger partial charge in [-0.1, -0.05) is 23.7 Å². The van der Waals surface area contributed by atoms with Crippen LogP contribution in [0.15, 0.2) is 41.5 Å². The number of ether oxygens (including phenoxy) is 1. The van der Waals surface area contributed by atoms with Crippen LogP contribution in [-0.2, 0) is 11.3 Å². The van der Waals surface area contributed by atoms with Crippen molar-refractivity contribution in [1.29, 1.82) is 0 Å². The number of carbonyl (C=O) groups is 1. The molecule has 0 fully saturated rings. The first kappa shape index (κ1) is 14.1. The van der Waals surface area contributed by atoms with Crippen molar-refractivity contribution in [3.8, 4) is 5.75 Å². The number of hydrogen-bond acceptors (Lipinski definition) is 4. The number of anilines is 1. The number of carbonyl (C=O) groups excluding carboxylic acids is 1. The molecule has 0 unspecified atom stereocenters. The molecule has 20 heavy (non-hydrogen) atoms. The Labute approximate surface area is 120 Å². The summed E-state index contributed by atoms with van der Waals surface area (Å²) in [6.07, 6.45) is 1.23. The summed E-state index contributed by atoms with van der Waals surface area (Å²) >= 11 is 5.58. The predicted octanol–water partition coefficient (Wildman–Crippen LogP) is 1.54. The first-order valence-corrected chi connectivity index (χ1v) is 6.13. The minimum absolute atomic E-state index is 0.0939. The average molecular weight is 294 g/mol. The monoisotopic (exact) mass is 293 g/mol. The van der Waals surface area contributed by atoms with Gasteiger partial charge in [0.15, 0.2) is 0 Å². The summed E-state index contributed by atoms with van der Waals surface area (Å²) in [6, 6.07) is 8.15. The van der Waals surface area contributed by atoms with E-state index < -0.39 is 0 Å². The van der Waals surface area contributed by atoms with Crippen molar-refractivity contribution in [1.82, 2.24) is 9.55 Å². The number of rotatable bonds is 4. The zero-order chi connectivity index (χ0) is 14.5. The Morgan fingerprint density at radius 3 is 2.90 bits per heavy atom. The maximum atomic E-state index is 11.9. The third kappa shape index (κ3) is 3.36. The SMILES string of the molecule is COc1ccccc1NC(=O)Cn1cnc(Cl)cc1=O. The van der Waals surface area contributed by atoms with Gasteiger partial charge in [-0.2, -0.15) is 0 Å². The molecule has 0 aliphatic carbocycles. The number of halogens is 1. The van der Waals surface area contributed by atoms with Crippen LogP contribution in [-0.4, -0.2) is 22.6 Å². The van der Waals surface area contributed by atoms with E-state index in [4.69, 9.17) is 16.3 Å². The summed E-state index contributed by atoms with van der Waals surface area (Å²) in [7, 11) is 1.51. The molecule has 2 aromatic rings. The Kier molecular flexibility index (Phi) is 4.37. The zero-order valence-corrected chi connectivity index (χ0v) is 11.4. The third-order valence-electron chi connectivity index (χ3n) is 2.54. The molecule has 0 spiro atoms. The number of benzene rings is 1. The highest BCUT2D eigenvalue weighted by Crippen LogP contribution is 2.22. The van der Waals surface area contributed by atoms with Crippen LogP contribution in [0.5, 0.6) is 5.75 Å². The van der Waals surface area contributed by atoms with Crippen molar-refractivity contribution in [2.75, 3.05) is 12.4 Å². The molecule has 1 aromatic heterocycles. The van der Waals surface area contributed by atoms with Crippen LogP contribution < -0.4 is 15.6 Å². The lowest BCUT2D eigenvalue weighted by atomic mass is 10.3. The molecule has 0 aliphatic heterocycles. The Balaban J connectivity index is 2.11. The molecule has 104 valence electrons. The molecule has 0 atom stereocenters. The molecule has 1 heterocycles. The second kappa shape index (κ2) is 6.21. The molecule has 0 bridgehead atoms. The molecule has 6 nitrogen and oxygen atoms in total. The molecule has 0 saturated carbocycles. The fourth-order valence-electron chi connectivity index (χ4n) is 1.61. The molecular formula is C13H12ClN3O3. The summed E-state index contributed by atoms with van der Waals surface area (Å²) < 4.78 is 6.29. The minimum Gasteiger partial charge on any atom is -0.495 e. The number of amides is 1. The second-order valence-electron chi connectivity index (χ2n) is 3.93. The summed E-state index contributed by atoms with van der Waals surface area (Å²) in [4.78, 5) is 27.2. The van der Waals surface area contributed by atoms with Crippen molar-refractivity contribution in [3.05, 3.63) is 52.2 Å². The maximum Gasteiger partial charge on any atom is 0.255 e. The fourth-order valence-corrected chi connectivity index (χ4v) is 1.75. The van der Waals surface area contributed by atoms with Crippen LogP contribution in [0.3, 0.4) is 0 Å². The van der Waals surface area contributed by atoms with Crippen LogP contribution in [0.25, 0.3) is 0 Å². The first-order valence-electron chi connectivity index (χ1n) is 5.75. The van der Waals surface area contributed by atoms with Crippen LogP contribution in [0.2, 0.25) is 5.15 Å². The highest BCUT2D eigenvalue weighted by molar-refractivity contribution is 6.29. The largest absolute Gasteiger partial charge is 0.495 e. The minimum atomic E-state index is -0.389. The van der Waals surface area contributed by atoms with E-state index in [9.17, 15) is 9.59 Å². The lowest BCUT2D eigenvalue weighted by Crippen LogP contribution is -2.27. The molecule has 0 radical (unpaired) electrons. The highest BCUT2D eigenvalue weighted by atomic mass is 35.5. The first-order chi connectivity index (χ1) is 9.60. The molecule has 2 rings (SSSR count). The standard InChI is InChI=1S/C13H12ClN3O3/c1-20-10-5-3-2-4-9(10)16-12(18)7-17-8-15-11(14)6-13(17)19/h2-6,8H,7H2,1H3,(H,16,18). The van der Waals surface area contributed by atoms with Crippen LogP contribution in [0.4, 0.5) is 5.69 Å². The van der Waals surface area contributed by atoms with E-state index in [1.807, 2.05) is 0 Å².